The molecular weight excluding hydrogens is 338 g/mol. The third-order valence-corrected chi connectivity index (χ3v) is 4.18. The number of benzene rings is 2. The van der Waals surface area contributed by atoms with Crippen molar-refractivity contribution in [2.75, 3.05) is 25.7 Å². The van der Waals surface area contributed by atoms with E-state index in [1.807, 2.05) is 0 Å². The van der Waals surface area contributed by atoms with Gasteiger partial charge in [0.15, 0.2) is 11.5 Å². The molecule has 0 unspecified atom stereocenters. The van der Waals surface area contributed by atoms with Gasteiger partial charge in [0.2, 0.25) is 11.7 Å². The highest BCUT2D eigenvalue weighted by atomic mass is 16.5. The first-order chi connectivity index (χ1) is 12.5. The number of methoxy groups -OCH3 is 2. The molecule has 136 valence electrons. The number of hydrogen-bond acceptors (Lipinski definition) is 6. The summed E-state index contributed by atoms with van der Waals surface area (Å²) in [5.74, 6) is -0.600. The number of primary amides is 1. The molecule has 26 heavy (non-hydrogen) atoms. The number of hydrogen-bond donors (Lipinski definition) is 3. The van der Waals surface area contributed by atoms with Crippen LogP contribution in [0.1, 0.15) is 22.1 Å². The van der Waals surface area contributed by atoms with Crippen LogP contribution in [-0.2, 0) is 4.79 Å². The molecule has 0 fully saturated rings. The van der Waals surface area contributed by atoms with Crippen LogP contribution in [0.2, 0.25) is 0 Å². The lowest BCUT2D eigenvalue weighted by molar-refractivity contribution is -0.116. The predicted octanol–water partition coefficient (Wildman–Crippen LogP) is 1.14. The minimum Gasteiger partial charge on any atom is -0.502 e. The number of phenolic OH excluding ortho intramolecular Hbond substituents is 1. The van der Waals surface area contributed by atoms with Crippen LogP contribution in [0.5, 0.6) is 17.2 Å². The molecule has 8 heteroatoms. The number of fused-ring (bicyclic) bond motifs is 1. The Hall–Kier alpha value is -3.42. The molecular formula is C18H19N3O5. The highest BCUT2D eigenvalue weighted by molar-refractivity contribution is 6.02. The average molecular weight is 357 g/mol. The minimum atomic E-state index is -0.687. The Morgan fingerprint density at radius 1 is 1.23 bits per heavy atom. The molecule has 2 amide bonds. The van der Waals surface area contributed by atoms with E-state index in [1.165, 1.54) is 14.2 Å². The van der Waals surface area contributed by atoms with Gasteiger partial charge in [-0.25, -0.2) is 0 Å². The second-order valence-corrected chi connectivity index (χ2v) is 5.76. The third-order valence-electron chi connectivity index (χ3n) is 4.18. The van der Waals surface area contributed by atoms with Gasteiger partial charge in [-0.2, -0.15) is 0 Å². The van der Waals surface area contributed by atoms with Crippen LogP contribution in [-0.4, -0.2) is 37.7 Å². The first-order valence-electron chi connectivity index (χ1n) is 7.86. The van der Waals surface area contributed by atoms with Crippen LogP contribution in [0, 0.1) is 0 Å². The molecule has 0 aliphatic carbocycles. The summed E-state index contributed by atoms with van der Waals surface area (Å²) in [5.41, 5.74) is 7.01. The highest BCUT2D eigenvalue weighted by Crippen LogP contribution is 2.41. The largest absolute Gasteiger partial charge is 0.502 e. The number of amides is 2. The Morgan fingerprint density at radius 2 is 1.85 bits per heavy atom. The molecule has 0 spiro atoms. The van der Waals surface area contributed by atoms with Crippen LogP contribution in [0.25, 0.3) is 0 Å². The summed E-state index contributed by atoms with van der Waals surface area (Å²) in [5, 5.41) is 13.0. The summed E-state index contributed by atoms with van der Waals surface area (Å²) < 4.78 is 10.4. The monoisotopic (exact) mass is 357 g/mol. The fraction of sp³-hybridized carbons (Fsp3) is 0.222. The molecule has 3 rings (SSSR count). The third kappa shape index (κ3) is 2.97. The number of nitrogens with two attached hydrogens (primary N) is 1. The van der Waals surface area contributed by atoms with Crippen LogP contribution in [0.3, 0.4) is 0 Å². The van der Waals surface area contributed by atoms with Gasteiger partial charge in [-0.1, -0.05) is 12.1 Å². The van der Waals surface area contributed by atoms with E-state index in [9.17, 15) is 14.7 Å². The number of aromatic hydroxyl groups is 1. The summed E-state index contributed by atoms with van der Waals surface area (Å²) in [7, 11) is 2.82. The molecule has 8 nitrogen and oxygen atoms in total. The molecule has 0 aromatic heterocycles. The van der Waals surface area contributed by atoms with E-state index in [0.29, 0.717) is 16.8 Å². The van der Waals surface area contributed by atoms with Gasteiger partial charge >= 0.3 is 0 Å². The lowest BCUT2D eigenvalue weighted by Gasteiger charge is -2.38. The molecule has 2 aromatic carbocycles. The molecule has 1 heterocycles. The maximum Gasteiger partial charge on any atom is 0.255 e. The van der Waals surface area contributed by atoms with Crippen LogP contribution < -0.4 is 25.4 Å². The van der Waals surface area contributed by atoms with Gasteiger partial charge in [-0.05, 0) is 24.3 Å². The van der Waals surface area contributed by atoms with Crippen LogP contribution >= 0.6 is 0 Å². The fourth-order valence-corrected chi connectivity index (χ4v) is 3.01. The van der Waals surface area contributed by atoms with Gasteiger partial charge in [0.25, 0.3) is 5.91 Å². The van der Waals surface area contributed by atoms with Gasteiger partial charge in [-0.15, -0.1) is 0 Å². The van der Waals surface area contributed by atoms with Crippen LogP contribution in [0.4, 0.5) is 5.69 Å². The van der Waals surface area contributed by atoms with Gasteiger partial charge in [0, 0.05) is 5.56 Å². The number of nitrogens with zero attached hydrogens (tertiary/aromatic N) is 1. The summed E-state index contributed by atoms with van der Waals surface area (Å²) in [6, 6.07) is 10.1. The summed E-state index contributed by atoms with van der Waals surface area (Å²) in [4.78, 5) is 25.8. The molecule has 1 atom stereocenters. The second kappa shape index (κ2) is 6.83. The quantitative estimate of drug-likeness (QED) is 0.739. The Bertz CT molecular complexity index is 843. The van der Waals surface area contributed by atoms with Crippen molar-refractivity contribution in [3.05, 3.63) is 47.5 Å². The molecule has 0 saturated carbocycles. The van der Waals surface area contributed by atoms with E-state index >= 15 is 0 Å². The van der Waals surface area contributed by atoms with E-state index in [4.69, 9.17) is 15.2 Å². The van der Waals surface area contributed by atoms with Crippen molar-refractivity contribution < 1.29 is 24.2 Å². The smallest absolute Gasteiger partial charge is 0.255 e. The Kier molecular flexibility index (Phi) is 4.57. The topological polar surface area (TPSA) is 114 Å². The number of carbonyl (C=O) groups excluding carboxylic acids is 2. The number of phenols is 1. The number of carbonyl (C=O) groups is 2. The first kappa shape index (κ1) is 17.4. The normalized spacial score (nSPS) is 15.8. The SMILES string of the molecule is COc1cc([C@@H]2NC(=O)c3ccccc3N2CC(N)=O)cc(OC)c1O. The Morgan fingerprint density at radius 3 is 2.42 bits per heavy atom. The summed E-state index contributed by atoms with van der Waals surface area (Å²) in [6.45, 7) is -0.104. The lowest BCUT2D eigenvalue weighted by atomic mass is 10.0. The maximum absolute atomic E-state index is 12.5. The number of nitrogens with one attached hydrogen (secondary N) is 1. The van der Waals surface area contributed by atoms with Crippen LogP contribution in [0.15, 0.2) is 36.4 Å². The van der Waals surface area contributed by atoms with E-state index in [1.54, 1.807) is 41.3 Å². The van der Waals surface area contributed by atoms with Gasteiger partial charge in [-0.3, -0.25) is 9.59 Å². The van der Waals surface area contributed by atoms with E-state index in [2.05, 4.69) is 5.32 Å². The molecule has 2 aromatic rings. The van der Waals surface area contributed by atoms with Crippen molar-refractivity contribution in [3.8, 4) is 17.2 Å². The van der Waals surface area contributed by atoms with Gasteiger partial charge in [0.05, 0.1) is 32.0 Å². The second-order valence-electron chi connectivity index (χ2n) is 5.76. The molecule has 0 bridgehead atoms. The van der Waals surface area contributed by atoms with Crippen molar-refractivity contribution in [3.63, 3.8) is 0 Å². The molecule has 0 saturated heterocycles. The predicted molar refractivity (Wildman–Crippen MR) is 94.4 cm³/mol. The van der Waals surface area contributed by atoms with Gasteiger partial charge < -0.3 is 30.5 Å². The van der Waals surface area contributed by atoms with Crippen molar-refractivity contribution in [1.82, 2.24) is 5.32 Å². The highest BCUT2D eigenvalue weighted by Gasteiger charge is 2.33. The lowest BCUT2D eigenvalue weighted by Crippen LogP contribution is -2.49. The van der Waals surface area contributed by atoms with E-state index in [-0.39, 0.29) is 29.7 Å². The Balaban J connectivity index is 2.14. The maximum atomic E-state index is 12.5. The van der Waals surface area contributed by atoms with E-state index in [0.717, 1.165) is 0 Å². The number of ether oxygens (including phenoxy) is 2. The standard InChI is InChI=1S/C18H19N3O5/c1-25-13-7-10(8-14(26-2)16(13)23)17-20-18(24)11-5-3-4-6-12(11)21(17)9-15(19)22/h3-8,17,23H,9H2,1-2H3,(H2,19,22)(H,20,24)/t17-/m1/s1. The first-order valence-corrected chi connectivity index (χ1v) is 7.86. The van der Waals surface area contributed by atoms with Crippen molar-refractivity contribution in [2.24, 2.45) is 5.73 Å². The summed E-state index contributed by atoms with van der Waals surface area (Å²) in [6.07, 6.45) is -0.687. The molecule has 0 radical (unpaired) electrons. The van der Waals surface area contributed by atoms with Gasteiger partial charge in [0.1, 0.15) is 6.17 Å². The minimum absolute atomic E-state index is 0.104. The molecule has 1 aliphatic heterocycles. The van der Waals surface area contributed by atoms with Crippen molar-refractivity contribution in [2.45, 2.75) is 6.17 Å². The molecule has 1 aliphatic rings. The summed E-state index contributed by atoms with van der Waals surface area (Å²) >= 11 is 0. The number of rotatable bonds is 5. The zero-order valence-electron chi connectivity index (χ0n) is 14.4. The molecule has 4 N–H and O–H groups in total. The van der Waals surface area contributed by atoms with Crippen molar-refractivity contribution >= 4 is 17.5 Å². The van der Waals surface area contributed by atoms with Crippen molar-refractivity contribution in [1.29, 1.82) is 0 Å². The van der Waals surface area contributed by atoms with E-state index < -0.39 is 12.1 Å². The Labute approximate surface area is 150 Å². The average Bonchev–Trinajstić information content (AvgIpc) is 2.64. The zero-order valence-corrected chi connectivity index (χ0v) is 14.4. The zero-order chi connectivity index (χ0) is 18.8. The number of para-hydroxylation sites is 1. The fourth-order valence-electron chi connectivity index (χ4n) is 3.01. The number of anilines is 1.